The predicted molar refractivity (Wildman–Crippen MR) is 66.6 cm³/mol. The average Bonchev–Trinajstić information content (AvgIpc) is 2.20. The van der Waals surface area contributed by atoms with Crippen LogP contribution in [0.4, 0.5) is 0 Å². The Morgan fingerprint density at radius 3 is 2.81 bits per heavy atom. The summed E-state index contributed by atoms with van der Waals surface area (Å²) in [5.74, 6) is -0.150. The highest BCUT2D eigenvalue weighted by Gasteiger charge is 2.18. The summed E-state index contributed by atoms with van der Waals surface area (Å²) in [4.78, 5) is 15.3. The first-order valence-electron chi connectivity index (χ1n) is 5.14. The third kappa shape index (κ3) is 3.57. The Morgan fingerprint density at radius 2 is 2.31 bits per heavy atom. The number of carbonyl (C=O) groups excluding carboxylic acids is 1. The maximum atomic E-state index is 11.2. The minimum atomic E-state index is -0.324. The van der Waals surface area contributed by atoms with Crippen LogP contribution in [0.25, 0.3) is 0 Å². The number of carbonyl (C=O) groups is 1. The molecule has 1 unspecified atom stereocenters. The molecule has 1 aromatic heterocycles. The van der Waals surface area contributed by atoms with Gasteiger partial charge in [-0.05, 0) is 33.5 Å². The number of nitrogens with two attached hydrogens (primary N) is 1. The number of rotatable bonds is 5. The lowest BCUT2D eigenvalue weighted by Gasteiger charge is -2.19. The van der Waals surface area contributed by atoms with Crippen LogP contribution < -0.4 is 11.1 Å². The Labute approximate surface area is 104 Å². The summed E-state index contributed by atoms with van der Waals surface area (Å²) < 4.78 is 0.787. The molecule has 5 heteroatoms. The molecule has 0 bridgehead atoms. The van der Waals surface area contributed by atoms with Crippen LogP contribution in [0.3, 0.4) is 0 Å². The van der Waals surface area contributed by atoms with E-state index in [1.165, 1.54) is 0 Å². The van der Waals surface area contributed by atoms with Gasteiger partial charge in [-0.2, -0.15) is 0 Å². The van der Waals surface area contributed by atoms with Gasteiger partial charge in [-0.15, -0.1) is 0 Å². The highest BCUT2D eigenvalue weighted by atomic mass is 79.9. The third-order valence-electron chi connectivity index (χ3n) is 2.32. The van der Waals surface area contributed by atoms with Crippen LogP contribution in [-0.4, -0.2) is 16.9 Å². The Kier molecular flexibility index (Phi) is 4.89. The number of pyridine rings is 1. The first-order chi connectivity index (χ1) is 7.52. The molecule has 0 aliphatic heterocycles. The van der Waals surface area contributed by atoms with Crippen molar-refractivity contribution >= 4 is 21.8 Å². The Hall–Kier alpha value is -0.940. The van der Waals surface area contributed by atoms with Gasteiger partial charge in [0.25, 0.3) is 0 Å². The van der Waals surface area contributed by atoms with Crippen molar-refractivity contribution in [2.75, 3.05) is 0 Å². The molecule has 0 saturated carbocycles. The number of primary amides is 1. The SMILES string of the molecule is CC(C)C(NCc1cccnc1Br)C(N)=O. The van der Waals surface area contributed by atoms with Crippen molar-refractivity contribution in [2.45, 2.75) is 26.4 Å². The summed E-state index contributed by atoms with van der Waals surface area (Å²) in [6.45, 7) is 4.49. The fraction of sp³-hybridized carbons (Fsp3) is 0.455. The van der Waals surface area contributed by atoms with E-state index in [4.69, 9.17) is 5.73 Å². The zero-order chi connectivity index (χ0) is 12.1. The molecule has 1 atom stereocenters. The minimum absolute atomic E-state index is 0.174. The van der Waals surface area contributed by atoms with E-state index >= 15 is 0 Å². The molecular formula is C11H16BrN3O. The van der Waals surface area contributed by atoms with Gasteiger partial charge >= 0.3 is 0 Å². The van der Waals surface area contributed by atoms with Gasteiger partial charge in [-0.25, -0.2) is 4.98 Å². The van der Waals surface area contributed by atoms with Crippen molar-refractivity contribution in [1.29, 1.82) is 0 Å². The predicted octanol–water partition coefficient (Wildman–Crippen LogP) is 1.44. The largest absolute Gasteiger partial charge is 0.368 e. The van der Waals surface area contributed by atoms with Crippen molar-refractivity contribution in [3.05, 3.63) is 28.5 Å². The molecule has 1 aromatic rings. The van der Waals surface area contributed by atoms with Crippen molar-refractivity contribution in [2.24, 2.45) is 11.7 Å². The van der Waals surface area contributed by atoms with Gasteiger partial charge < -0.3 is 11.1 Å². The zero-order valence-electron chi connectivity index (χ0n) is 9.40. The van der Waals surface area contributed by atoms with E-state index in [9.17, 15) is 4.79 Å². The Morgan fingerprint density at radius 1 is 1.62 bits per heavy atom. The molecular weight excluding hydrogens is 270 g/mol. The molecule has 88 valence electrons. The number of hydrogen-bond donors (Lipinski definition) is 2. The van der Waals surface area contributed by atoms with Gasteiger partial charge in [0.05, 0.1) is 6.04 Å². The quantitative estimate of drug-likeness (QED) is 0.805. The summed E-state index contributed by atoms with van der Waals surface area (Å²) in [6.07, 6.45) is 1.71. The third-order valence-corrected chi connectivity index (χ3v) is 3.04. The molecule has 1 rings (SSSR count). The molecule has 0 aromatic carbocycles. The minimum Gasteiger partial charge on any atom is -0.368 e. The van der Waals surface area contributed by atoms with Crippen LogP contribution in [0, 0.1) is 5.92 Å². The molecule has 0 saturated heterocycles. The van der Waals surface area contributed by atoms with Gasteiger partial charge in [-0.1, -0.05) is 19.9 Å². The van der Waals surface area contributed by atoms with Gasteiger partial charge in [0, 0.05) is 12.7 Å². The molecule has 0 spiro atoms. The van der Waals surface area contributed by atoms with Crippen LogP contribution in [-0.2, 0) is 11.3 Å². The van der Waals surface area contributed by atoms with E-state index < -0.39 is 0 Å². The van der Waals surface area contributed by atoms with E-state index in [1.807, 2.05) is 26.0 Å². The normalized spacial score (nSPS) is 12.8. The van der Waals surface area contributed by atoms with Crippen LogP contribution in [0.1, 0.15) is 19.4 Å². The highest BCUT2D eigenvalue weighted by Crippen LogP contribution is 2.12. The van der Waals surface area contributed by atoms with E-state index in [2.05, 4.69) is 26.2 Å². The lowest BCUT2D eigenvalue weighted by Crippen LogP contribution is -2.44. The van der Waals surface area contributed by atoms with Gasteiger partial charge in [0.2, 0.25) is 5.91 Å². The van der Waals surface area contributed by atoms with Crippen molar-refractivity contribution < 1.29 is 4.79 Å². The first kappa shape index (κ1) is 13.1. The lowest BCUT2D eigenvalue weighted by molar-refractivity contribution is -0.121. The highest BCUT2D eigenvalue weighted by molar-refractivity contribution is 9.10. The summed E-state index contributed by atoms with van der Waals surface area (Å²) >= 11 is 3.35. The molecule has 3 N–H and O–H groups in total. The number of nitrogens with one attached hydrogen (secondary N) is 1. The van der Waals surface area contributed by atoms with E-state index in [0.29, 0.717) is 6.54 Å². The Bertz CT molecular complexity index is 368. The first-order valence-corrected chi connectivity index (χ1v) is 5.93. The number of amides is 1. The van der Waals surface area contributed by atoms with E-state index in [-0.39, 0.29) is 17.9 Å². The van der Waals surface area contributed by atoms with Crippen molar-refractivity contribution in [3.8, 4) is 0 Å². The fourth-order valence-electron chi connectivity index (χ4n) is 1.44. The summed E-state index contributed by atoms with van der Waals surface area (Å²) in [5, 5.41) is 3.13. The smallest absolute Gasteiger partial charge is 0.234 e. The molecule has 4 nitrogen and oxygen atoms in total. The van der Waals surface area contributed by atoms with Crippen LogP contribution in [0.5, 0.6) is 0 Å². The Balaban J connectivity index is 2.63. The van der Waals surface area contributed by atoms with E-state index in [1.54, 1.807) is 6.20 Å². The summed E-state index contributed by atoms with van der Waals surface area (Å²) in [6, 6.07) is 3.49. The van der Waals surface area contributed by atoms with Crippen LogP contribution in [0.15, 0.2) is 22.9 Å². The molecule has 0 radical (unpaired) electrons. The molecule has 0 aliphatic rings. The molecule has 0 aliphatic carbocycles. The second-order valence-corrected chi connectivity index (χ2v) is 4.71. The fourth-order valence-corrected chi connectivity index (χ4v) is 1.83. The average molecular weight is 286 g/mol. The summed E-state index contributed by atoms with van der Waals surface area (Å²) in [7, 11) is 0. The van der Waals surface area contributed by atoms with Gasteiger partial charge in [0.1, 0.15) is 4.60 Å². The maximum absolute atomic E-state index is 11.2. The van der Waals surface area contributed by atoms with E-state index in [0.717, 1.165) is 10.2 Å². The van der Waals surface area contributed by atoms with Gasteiger partial charge in [-0.3, -0.25) is 4.79 Å². The number of halogens is 1. The number of nitrogens with zero attached hydrogens (tertiary/aromatic N) is 1. The van der Waals surface area contributed by atoms with Gasteiger partial charge in [0.15, 0.2) is 0 Å². The summed E-state index contributed by atoms with van der Waals surface area (Å²) in [5.41, 5.74) is 6.32. The van der Waals surface area contributed by atoms with Crippen LogP contribution in [0.2, 0.25) is 0 Å². The second kappa shape index (κ2) is 5.96. The zero-order valence-corrected chi connectivity index (χ0v) is 11.0. The van der Waals surface area contributed by atoms with Crippen molar-refractivity contribution in [3.63, 3.8) is 0 Å². The van der Waals surface area contributed by atoms with Crippen LogP contribution >= 0.6 is 15.9 Å². The lowest BCUT2D eigenvalue weighted by atomic mass is 10.0. The maximum Gasteiger partial charge on any atom is 0.234 e. The number of hydrogen-bond acceptors (Lipinski definition) is 3. The molecule has 1 heterocycles. The second-order valence-electron chi connectivity index (χ2n) is 3.96. The molecule has 1 amide bonds. The number of aromatic nitrogens is 1. The monoisotopic (exact) mass is 285 g/mol. The molecule has 0 fully saturated rings. The topological polar surface area (TPSA) is 68.0 Å². The standard InChI is InChI=1S/C11H16BrN3O/c1-7(2)9(11(13)16)15-6-8-4-3-5-14-10(8)12/h3-5,7,9,15H,6H2,1-2H3,(H2,13,16). The van der Waals surface area contributed by atoms with Crippen molar-refractivity contribution in [1.82, 2.24) is 10.3 Å². The molecule has 16 heavy (non-hydrogen) atoms.